The lowest BCUT2D eigenvalue weighted by Crippen LogP contribution is -2.54. The second-order valence-corrected chi connectivity index (χ2v) is 6.62. The molecule has 2 aromatic carbocycles. The molecule has 0 amide bonds. The molecule has 2 rings (SSSR count). The summed E-state index contributed by atoms with van der Waals surface area (Å²) in [6.45, 7) is 0. The van der Waals surface area contributed by atoms with Crippen molar-refractivity contribution in [1.82, 2.24) is 4.72 Å². The summed E-state index contributed by atoms with van der Waals surface area (Å²) < 4.78 is 25.8. The number of sulfonamides is 1. The summed E-state index contributed by atoms with van der Waals surface area (Å²) in [5.41, 5.74) is 6.89. The first-order valence-electron chi connectivity index (χ1n) is 6.26. The number of nitrogens with two attached hydrogens (primary N) is 1. The van der Waals surface area contributed by atoms with Crippen molar-refractivity contribution in [2.45, 2.75) is 12.1 Å². The Kier molecular flexibility index (Phi) is 4.23. The van der Waals surface area contributed by atoms with Gasteiger partial charge < -0.3 is 5.73 Å². The zero-order valence-electron chi connectivity index (χ0n) is 11.3. The number of rotatable bonds is 5. The molecule has 0 heterocycles. The van der Waals surface area contributed by atoms with Crippen LogP contribution in [0.5, 0.6) is 0 Å². The van der Waals surface area contributed by atoms with Crippen LogP contribution in [-0.2, 0) is 22.1 Å². The Bertz CT molecular complexity index is 657. The predicted octanol–water partition coefficient (Wildman–Crippen LogP) is 1.59. The zero-order chi connectivity index (χ0) is 14.6. The minimum Gasteiger partial charge on any atom is -0.308 e. The van der Waals surface area contributed by atoms with Crippen LogP contribution in [0.25, 0.3) is 0 Å². The first-order chi connectivity index (χ1) is 9.39. The first-order valence-corrected chi connectivity index (χ1v) is 8.15. The fourth-order valence-corrected chi connectivity index (χ4v) is 3.03. The van der Waals surface area contributed by atoms with E-state index in [0.717, 1.165) is 17.4 Å². The molecule has 2 aromatic rings. The largest absolute Gasteiger partial charge is 0.308 e. The summed E-state index contributed by atoms with van der Waals surface area (Å²) in [5, 5.41) is 0. The Hall–Kier alpha value is -1.69. The molecule has 20 heavy (non-hydrogen) atoms. The highest BCUT2D eigenvalue weighted by molar-refractivity contribution is 7.88. The molecule has 0 aliphatic rings. The summed E-state index contributed by atoms with van der Waals surface area (Å²) in [6.07, 6.45) is 1.49. The van der Waals surface area contributed by atoms with E-state index in [2.05, 4.69) is 4.72 Å². The predicted molar refractivity (Wildman–Crippen MR) is 80.4 cm³/mol. The first kappa shape index (κ1) is 14.7. The van der Waals surface area contributed by atoms with Crippen LogP contribution in [0, 0.1) is 0 Å². The zero-order valence-corrected chi connectivity index (χ0v) is 12.1. The molecule has 0 saturated heterocycles. The van der Waals surface area contributed by atoms with Crippen molar-refractivity contribution < 1.29 is 8.42 Å². The SMILES string of the molecule is CS(=O)(=O)N[C@@](N)(Cc1ccccc1)c1ccccc1. The van der Waals surface area contributed by atoms with E-state index in [9.17, 15) is 8.42 Å². The van der Waals surface area contributed by atoms with E-state index in [0.29, 0.717) is 6.42 Å². The third-order valence-electron chi connectivity index (χ3n) is 2.98. The van der Waals surface area contributed by atoms with Gasteiger partial charge in [-0.2, -0.15) is 4.72 Å². The molecule has 0 aliphatic heterocycles. The van der Waals surface area contributed by atoms with Gasteiger partial charge in [-0.1, -0.05) is 60.7 Å². The van der Waals surface area contributed by atoms with Gasteiger partial charge in [-0.05, 0) is 11.1 Å². The van der Waals surface area contributed by atoms with E-state index in [1.54, 1.807) is 0 Å². The highest BCUT2D eigenvalue weighted by Crippen LogP contribution is 2.21. The van der Waals surface area contributed by atoms with Gasteiger partial charge in [-0.25, -0.2) is 8.42 Å². The molecule has 0 radical (unpaired) electrons. The third kappa shape index (κ3) is 3.90. The van der Waals surface area contributed by atoms with E-state index in [4.69, 9.17) is 5.73 Å². The van der Waals surface area contributed by atoms with Crippen LogP contribution >= 0.6 is 0 Å². The lowest BCUT2D eigenvalue weighted by molar-refractivity contribution is 0.406. The summed E-state index contributed by atoms with van der Waals surface area (Å²) in [7, 11) is -3.43. The second kappa shape index (κ2) is 5.75. The van der Waals surface area contributed by atoms with Crippen molar-refractivity contribution in [2.24, 2.45) is 5.73 Å². The maximum Gasteiger partial charge on any atom is 0.210 e. The van der Waals surface area contributed by atoms with Gasteiger partial charge in [0.2, 0.25) is 10.0 Å². The molecular formula is C15H18N2O2S. The topological polar surface area (TPSA) is 72.2 Å². The number of benzene rings is 2. The number of nitrogens with one attached hydrogen (secondary N) is 1. The molecule has 5 heteroatoms. The van der Waals surface area contributed by atoms with E-state index < -0.39 is 15.7 Å². The molecule has 0 aliphatic carbocycles. The summed E-state index contributed by atoms with van der Waals surface area (Å²) >= 11 is 0. The fourth-order valence-electron chi connectivity index (χ4n) is 2.18. The van der Waals surface area contributed by atoms with Crippen LogP contribution in [0.15, 0.2) is 60.7 Å². The molecule has 4 nitrogen and oxygen atoms in total. The van der Waals surface area contributed by atoms with Gasteiger partial charge in [0.15, 0.2) is 0 Å². The fraction of sp³-hybridized carbons (Fsp3) is 0.200. The van der Waals surface area contributed by atoms with E-state index in [-0.39, 0.29) is 0 Å². The smallest absolute Gasteiger partial charge is 0.210 e. The van der Waals surface area contributed by atoms with Crippen molar-refractivity contribution in [2.75, 3.05) is 6.26 Å². The van der Waals surface area contributed by atoms with Crippen LogP contribution in [-0.4, -0.2) is 14.7 Å². The van der Waals surface area contributed by atoms with Crippen LogP contribution < -0.4 is 10.5 Å². The summed E-state index contributed by atoms with van der Waals surface area (Å²) in [6, 6.07) is 18.8. The molecule has 0 spiro atoms. The quantitative estimate of drug-likeness (QED) is 0.821. The minimum atomic E-state index is -3.43. The highest BCUT2D eigenvalue weighted by Gasteiger charge is 2.30. The van der Waals surface area contributed by atoms with Gasteiger partial charge >= 0.3 is 0 Å². The minimum absolute atomic E-state index is 0.380. The lowest BCUT2D eigenvalue weighted by Gasteiger charge is -2.30. The maximum absolute atomic E-state index is 11.6. The maximum atomic E-state index is 11.6. The Balaban J connectivity index is 2.39. The summed E-state index contributed by atoms with van der Waals surface area (Å²) in [5.74, 6) is 0. The molecule has 0 aromatic heterocycles. The molecule has 0 fully saturated rings. The average Bonchev–Trinajstić information content (AvgIpc) is 2.39. The van der Waals surface area contributed by atoms with Crippen LogP contribution in [0.1, 0.15) is 11.1 Å². The molecule has 1 atom stereocenters. The molecule has 0 saturated carbocycles. The average molecular weight is 290 g/mol. The molecule has 106 valence electrons. The summed E-state index contributed by atoms with van der Waals surface area (Å²) in [4.78, 5) is 0. The van der Waals surface area contributed by atoms with Gasteiger partial charge in [0.1, 0.15) is 5.66 Å². The third-order valence-corrected chi connectivity index (χ3v) is 3.72. The van der Waals surface area contributed by atoms with Crippen molar-refractivity contribution in [3.8, 4) is 0 Å². The van der Waals surface area contributed by atoms with Crippen LogP contribution in [0.2, 0.25) is 0 Å². The Morgan fingerprint density at radius 2 is 1.50 bits per heavy atom. The van der Waals surface area contributed by atoms with Gasteiger partial charge in [0, 0.05) is 6.42 Å². The monoisotopic (exact) mass is 290 g/mol. The number of hydrogen-bond acceptors (Lipinski definition) is 3. The molecule has 3 N–H and O–H groups in total. The lowest BCUT2D eigenvalue weighted by atomic mass is 9.94. The van der Waals surface area contributed by atoms with Crippen molar-refractivity contribution in [3.63, 3.8) is 0 Å². The standard InChI is InChI=1S/C15H18N2O2S/c1-20(18,19)17-15(16,14-10-6-3-7-11-14)12-13-8-4-2-5-9-13/h2-11,17H,12,16H2,1H3/t15-/m0/s1. The van der Waals surface area contributed by atoms with Gasteiger partial charge in [0.25, 0.3) is 0 Å². The van der Waals surface area contributed by atoms with Gasteiger partial charge in [0.05, 0.1) is 6.26 Å². The van der Waals surface area contributed by atoms with Crippen molar-refractivity contribution >= 4 is 10.0 Å². The van der Waals surface area contributed by atoms with Crippen molar-refractivity contribution in [1.29, 1.82) is 0 Å². The van der Waals surface area contributed by atoms with E-state index in [1.807, 2.05) is 60.7 Å². The normalized spacial score (nSPS) is 14.7. The van der Waals surface area contributed by atoms with Crippen LogP contribution in [0.4, 0.5) is 0 Å². The Morgan fingerprint density at radius 3 is 2.00 bits per heavy atom. The Morgan fingerprint density at radius 1 is 1.00 bits per heavy atom. The molecule has 0 bridgehead atoms. The Labute approximate surface area is 119 Å². The van der Waals surface area contributed by atoms with Crippen molar-refractivity contribution in [3.05, 3.63) is 71.8 Å². The van der Waals surface area contributed by atoms with Gasteiger partial charge in [-0.15, -0.1) is 0 Å². The van der Waals surface area contributed by atoms with Gasteiger partial charge in [-0.3, -0.25) is 0 Å². The van der Waals surface area contributed by atoms with Crippen LogP contribution in [0.3, 0.4) is 0 Å². The molecule has 0 unspecified atom stereocenters. The number of hydrogen-bond donors (Lipinski definition) is 2. The molecular weight excluding hydrogens is 272 g/mol. The van der Waals surface area contributed by atoms with E-state index in [1.165, 1.54) is 0 Å². The van der Waals surface area contributed by atoms with E-state index >= 15 is 0 Å². The highest BCUT2D eigenvalue weighted by atomic mass is 32.2. The second-order valence-electron chi connectivity index (χ2n) is 4.87.